The molecule has 0 saturated carbocycles. The molecule has 0 spiro atoms. The van der Waals surface area contributed by atoms with Crippen LogP contribution in [-0.2, 0) is 16.1 Å². The Bertz CT molecular complexity index is 1330. The van der Waals surface area contributed by atoms with Crippen LogP contribution in [0, 0.1) is 5.41 Å². The second-order valence-corrected chi connectivity index (χ2v) is 8.13. The zero-order chi connectivity index (χ0) is 27.1. The number of anilines is 1. The first kappa shape index (κ1) is 27.4. The first-order valence-electron chi connectivity index (χ1n) is 11.7. The molecule has 1 amide bonds. The number of fused-ring (bicyclic) bond motifs is 1. The van der Waals surface area contributed by atoms with Crippen LogP contribution < -0.4 is 20.8 Å². The molecule has 0 fully saturated rings. The summed E-state index contributed by atoms with van der Waals surface area (Å²) in [6, 6.07) is 9.76. The van der Waals surface area contributed by atoms with Gasteiger partial charge in [-0.15, -0.1) is 0 Å². The van der Waals surface area contributed by atoms with Gasteiger partial charge in [0.25, 0.3) is 5.91 Å². The lowest BCUT2D eigenvalue weighted by Gasteiger charge is -2.14. The molecule has 0 unspecified atom stereocenters. The number of carbonyl (C=O) groups excluding carboxylic acids is 2. The van der Waals surface area contributed by atoms with Gasteiger partial charge in [-0.3, -0.25) is 10.1 Å². The number of imidazole rings is 1. The molecule has 0 saturated heterocycles. The van der Waals surface area contributed by atoms with E-state index in [1.54, 1.807) is 54.8 Å². The maximum absolute atomic E-state index is 13.1. The molecule has 37 heavy (non-hydrogen) atoms. The molecule has 0 aliphatic rings. The molecule has 11 nitrogen and oxygen atoms in total. The minimum absolute atomic E-state index is 0.192. The van der Waals surface area contributed by atoms with Gasteiger partial charge in [0.2, 0.25) is 5.95 Å². The van der Waals surface area contributed by atoms with Crippen LogP contribution >= 0.6 is 0 Å². The first-order valence-corrected chi connectivity index (χ1v) is 11.7. The Morgan fingerprint density at radius 1 is 1.19 bits per heavy atom. The summed E-state index contributed by atoms with van der Waals surface area (Å²) in [4.78, 5) is 30.1. The smallest absolute Gasteiger partial charge is 0.488 e. The third-order valence-corrected chi connectivity index (χ3v) is 5.35. The number of likely N-dealkylation sites (N-methyl/N-ethyl adjacent to an activating group) is 1. The summed E-state index contributed by atoms with van der Waals surface area (Å²) in [7, 11) is -0.122. The Kier molecular flexibility index (Phi) is 9.04. The normalized spacial score (nSPS) is 11.2. The van der Waals surface area contributed by atoms with Crippen molar-refractivity contribution in [1.82, 2.24) is 14.9 Å². The summed E-state index contributed by atoms with van der Waals surface area (Å²) in [6.45, 7) is 6.04. The van der Waals surface area contributed by atoms with E-state index in [0.717, 1.165) is 5.56 Å². The number of hydrogen-bond acceptors (Lipinski definition) is 9. The summed E-state index contributed by atoms with van der Waals surface area (Å²) in [5.74, 6) is -0.473. The molecule has 3 aromatic rings. The molecule has 0 bridgehead atoms. The van der Waals surface area contributed by atoms with Gasteiger partial charge in [0.15, 0.2) is 0 Å². The SMILES string of the molecule is CCN/C(=C\C(C)=N)C(=O)Nc1nc2cc(C(=O)OCC)cc(OC)c2n1Cc1ccc(B(O)O)cc1. The summed E-state index contributed by atoms with van der Waals surface area (Å²) >= 11 is 0. The molecular weight excluding hydrogens is 477 g/mol. The number of methoxy groups -OCH3 is 1. The fourth-order valence-electron chi connectivity index (χ4n) is 3.72. The van der Waals surface area contributed by atoms with E-state index < -0.39 is 19.0 Å². The van der Waals surface area contributed by atoms with Gasteiger partial charge in [0.05, 0.1) is 31.3 Å². The van der Waals surface area contributed by atoms with Crippen LogP contribution in [-0.4, -0.2) is 64.6 Å². The number of esters is 1. The van der Waals surface area contributed by atoms with Crippen molar-refractivity contribution in [3.8, 4) is 5.75 Å². The summed E-state index contributed by atoms with van der Waals surface area (Å²) in [6.07, 6.45) is 1.42. The number of hydrogen-bond donors (Lipinski definition) is 5. The molecule has 194 valence electrons. The van der Waals surface area contributed by atoms with Crippen molar-refractivity contribution in [3.63, 3.8) is 0 Å². The second kappa shape index (κ2) is 12.2. The summed E-state index contributed by atoms with van der Waals surface area (Å²) < 4.78 is 12.4. The molecule has 1 heterocycles. The highest BCUT2D eigenvalue weighted by atomic mass is 16.5. The fraction of sp³-hybridized carbons (Fsp3) is 0.280. The zero-order valence-electron chi connectivity index (χ0n) is 21.2. The van der Waals surface area contributed by atoms with Gasteiger partial charge >= 0.3 is 13.1 Å². The van der Waals surface area contributed by atoms with Gasteiger partial charge in [0.1, 0.15) is 17.0 Å². The molecule has 2 aromatic carbocycles. The van der Waals surface area contributed by atoms with E-state index in [1.807, 2.05) is 6.92 Å². The highest BCUT2D eigenvalue weighted by Gasteiger charge is 2.22. The van der Waals surface area contributed by atoms with Crippen molar-refractivity contribution in [2.75, 3.05) is 25.6 Å². The second-order valence-electron chi connectivity index (χ2n) is 8.13. The molecule has 0 aliphatic heterocycles. The maximum atomic E-state index is 13.1. The number of aromatic nitrogens is 2. The predicted octanol–water partition coefficient (Wildman–Crippen LogP) is 1.42. The van der Waals surface area contributed by atoms with E-state index >= 15 is 0 Å². The largest absolute Gasteiger partial charge is 0.494 e. The molecular formula is C25H30BN5O6. The van der Waals surface area contributed by atoms with E-state index in [2.05, 4.69) is 15.6 Å². The van der Waals surface area contributed by atoms with Gasteiger partial charge in [-0.05, 0) is 50.0 Å². The van der Waals surface area contributed by atoms with Crippen molar-refractivity contribution >= 4 is 47.2 Å². The number of nitrogens with one attached hydrogen (secondary N) is 3. The fourth-order valence-corrected chi connectivity index (χ4v) is 3.72. The molecule has 1 aromatic heterocycles. The standard InChI is InChI=1S/C25H30BN5O6/c1-5-28-20(11-15(3)27)23(32)30-25-29-19-12-17(24(33)37-6-2)13-21(36-4)22(19)31(25)14-16-7-9-18(10-8-16)26(34)35/h7-13,27-28,34-35H,5-6,14H2,1-4H3,(H,29,30,32)/b20-11-,27-15?. The van der Waals surface area contributed by atoms with Crippen LogP contribution in [0.4, 0.5) is 5.95 Å². The van der Waals surface area contributed by atoms with Crippen molar-refractivity contribution < 1.29 is 29.1 Å². The van der Waals surface area contributed by atoms with Crippen LogP contribution in [0.25, 0.3) is 11.0 Å². The van der Waals surface area contributed by atoms with Gasteiger partial charge < -0.3 is 34.8 Å². The van der Waals surface area contributed by atoms with E-state index in [4.69, 9.17) is 14.9 Å². The average molecular weight is 507 g/mol. The maximum Gasteiger partial charge on any atom is 0.488 e. The Morgan fingerprint density at radius 2 is 1.89 bits per heavy atom. The third-order valence-electron chi connectivity index (χ3n) is 5.35. The van der Waals surface area contributed by atoms with Crippen molar-refractivity contribution in [2.24, 2.45) is 0 Å². The summed E-state index contributed by atoms with van der Waals surface area (Å²) in [5.41, 5.74) is 2.72. The number of carbonyl (C=O) groups is 2. The highest BCUT2D eigenvalue weighted by molar-refractivity contribution is 6.58. The van der Waals surface area contributed by atoms with Gasteiger partial charge in [0, 0.05) is 12.3 Å². The minimum Gasteiger partial charge on any atom is -0.494 e. The van der Waals surface area contributed by atoms with Crippen LogP contribution in [0.5, 0.6) is 5.75 Å². The van der Waals surface area contributed by atoms with Crippen molar-refractivity contribution in [1.29, 1.82) is 5.41 Å². The monoisotopic (exact) mass is 507 g/mol. The minimum atomic E-state index is -1.59. The highest BCUT2D eigenvalue weighted by Crippen LogP contribution is 2.31. The van der Waals surface area contributed by atoms with E-state index in [1.165, 1.54) is 13.2 Å². The molecule has 5 N–H and O–H groups in total. The van der Waals surface area contributed by atoms with E-state index in [0.29, 0.717) is 28.8 Å². The molecule has 0 aliphatic carbocycles. The Morgan fingerprint density at radius 3 is 2.46 bits per heavy atom. The Labute approximate surface area is 214 Å². The molecule has 0 radical (unpaired) electrons. The van der Waals surface area contributed by atoms with Crippen molar-refractivity contribution in [3.05, 3.63) is 59.3 Å². The number of nitrogens with zero attached hydrogens (tertiary/aromatic N) is 2. The number of benzene rings is 2. The molecule has 3 rings (SSSR count). The molecule has 12 heteroatoms. The van der Waals surface area contributed by atoms with Gasteiger partial charge in [-0.25, -0.2) is 9.78 Å². The van der Waals surface area contributed by atoms with E-state index in [-0.39, 0.29) is 36.1 Å². The Hall–Kier alpha value is -4.16. The first-order chi connectivity index (χ1) is 17.7. The van der Waals surface area contributed by atoms with Crippen LogP contribution in [0.2, 0.25) is 0 Å². The topological polar surface area (TPSA) is 159 Å². The summed E-state index contributed by atoms with van der Waals surface area (Å²) in [5, 5.41) is 32.3. The number of rotatable bonds is 11. The number of ether oxygens (including phenoxy) is 2. The van der Waals surface area contributed by atoms with Crippen molar-refractivity contribution in [2.45, 2.75) is 27.3 Å². The van der Waals surface area contributed by atoms with Gasteiger partial charge in [-0.1, -0.05) is 24.3 Å². The lowest BCUT2D eigenvalue weighted by atomic mass is 9.80. The Balaban J connectivity index is 2.14. The van der Waals surface area contributed by atoms with E-state index in [9.17, 15) is 19.6 Å². The zero-order valence-corrected chi connectivity index (χ0v) is 21.2. The van der Waals surface area contributed by atoms with Crippen LogP contribution in [0.15, 0.2) is 48.2 Å². The number of amides is 1. The lowest BCUT2D eigenvalue weighted by molar-refractivity contribution is -0.113. The average Bonchev–Trinajstić information content (AvgIpc) is 3.19. The third kappa shape index (κ3) is 6.54. The predicted molar refractivity (Wildman–Crippen MR) is 141 cm³/mol. The quantitative estimate of drug-likeness (QED) is 0.113. The molecule has 0 atom stereocenters. The van der Waals surface area contributed by atoms with Crippen LogP contribution in [0.1, 0.15) is 36.7 Å². The van der Waals surface area contributed by atoms with Crippen LogP contribution in [0.3, 0.4) is 0 Å². The lowest BCUT2D eigenvalue weighted by Crippen LogP contribution is -2.29. The van der Waals surface area contributed by atoms with Gasteiger partial charge in [-0.2, -0.15) is 0 Å². The number of allylic oxidation sites excluding steroid dienone is 1.